The topological polar surface area (TPSA) is 63.3 Å². The summed E-state index contributed by atoms with van der Waals surface area (Å²) in [5, 5.41) is 8.90. The molecule has 15 heavy (non-hydrogen) atoms. The number of nitrogens with two attached hydrogens (primary N) is 1. The maximum atomic E-state index is 9.24. The first-order valence-electron chi connectivity index (χ1n) is 3.61. The summed E-state index contributed by atoms with van der Waals surface area (Å²) in [6, 6.07) is 3.43. The van der Waals surface area contributed by atoms with Gasteiger partial charge in [0.05, 0.1) is 21.6 Å². The van der Waals surface area contributed by atoms with Gasteiger partial charge in [0.25, 0.3) is 0 Å². The van der Waals surface area contributed by atoms with Crippen LogP contribution in [0.2, 0.25) is 15.1 Å². The van der Waals surface area contributed by atoms with Gasteiger partial charge < -0.3 is 10.8 Å². The zero-order chi connectivity index (χ0) is 12.0. The van der Waals surface area contributed by atoms with Gasteiger partial charge >= 0.3 is 5.97 Å². The zero-order valence-corrected chi connectivity index (χ0v) is 11.2. The van der Waals surface area contributed by atoms with Crippen molar-refractivity contribution < 1.29 is 9.90 Å². The lowest BCUT2D eigenvalue weighted by Crippen LogP contribution is -2.10. The van der Waals surface area contributed by atoms with E-state index in [0.717, 1.165) is 4.47 Å². The van der Waals surface area contributed by atoms with Crippen LogP contribution in [0.25, 0.3) is 0 Å². The quantitative estimate of drug-likeness (QED) is 0.610. The number of rotatable bonds is 1. The van der Waals surface area contributed by atoms with Crippen LogP contribution in [-0.4, -0.2) is 17.6 Å². The Hall–Kier alpha value is -0.000000000000000222. The van der Waals surface area contributed by atoms with Gasteiger partial charge in [-0.1, -0.05) is 34.8 Å². The fourth-order valence-corrected chi connectivity index (χ4v) is 1.48. The van der Waals surface area contributed by atoms with Crippen LogP contribution < -0.4 is 5.73 Å². The van der Waals surface area contributed by atoms with Crippen molar-refractivity contribution in [2.45, 2.75) is 0 Å². The molecule has 0 fully saturated rings. The Morgan fingerprint density at radius 3 is 2.13 bits per heavy atom. The lowest BCUT2D eigenvalue weighted by atomic mass is 10.4. The number of carboxylic acids is 1. The van der Waals surface area contributed by atoms with Gasteiger partial charge in [0.1, 0.15) is 0 Å². The Balaban J connectivity index is 0.000000336. The molecule has 1 aromatic carbocycles. The highest BCUT2D eigenvalue weighted by Crippen LogP contribution is 2.35. The van der Waals surface area contributed by atoms with E-state index in [2.05, 4.69) is 21.7 Å². The minimum absolute atomic E-state index is 0.278. The average molecular weight is 335 g/mol. The maximum absolute atomic E-state index is 9.24. The number of hydrogen-bond donors (Lipinski definition) is 2. The van der Waals surface area contributed by atoms with Crippen molar-refractivity contribution in [3.8, 4) is 0 Å². The highest BCUT2D eigenvalue weighted by molar-refractivity contribution is 9.10. The number of carboxylic acid groups (broad SMARTS) is 1. The second-order valence-corrected chi connectivity index (χ2v) is 4.27. The smallest absolute Gasteiger partial charge is 0.317 e. The van der Waals surface area contributed by atoms with Crippen LogP contribution in [0.15, 0.2) is 16.6 Å². The third-order valence-electron chi connectivity index (χ3n) is 1.16. The third-order valence-corrected chi connectivity index (χ3v) is 3.35. The molecule has 0 atom stereocenters. The van der Waals surface area contributed by atoms with E-state index in [-0.39, 0.29) is 6.54 Å². The first-order valence-corrected chi connectivity index (χ1v) is 5.53. The van der Waals surface area contributed by atoms with Crippen molar-refractivity contribution in [2.75, 3.05) is 6.54 Å². The minimum Gasteiger partial charge on any atom is -0.480 e. The summed E-state index contributed by atoms with van der Waals surface area (Å²) in [5.41, 5.74) is 4.57. The van der Waals surface area contributed by atoms with Gasteiger partial charge in [-0.2, -0.15) is 0 Å². The molecule has 3 N–H and O–H groups in total. The first-order chi connectivity index (χ1) is 6.90. The summed E-state index contributed by atoms with van der Waals surface area (Å²) >= 11 is 20.3. The zero-order valence-electron chi connectivity index (χ0n) is 7.31. The molecule has 0 heterocycles. The van der Waals surface area contributed by atoms with E-state index in [9.17, 15) is 4.79 Å². The third kappa shape index (κ3) is 5.58. The van der Waals surface area contributed by atoms with Crippen molar-refractivity contribution in [2.24, 2.45) is 5.73 Å². The highest BCUT2D eigenvalue weighted by Gasteiger charge is 2.05. The van der Waals surface area contributed by atoms with E-state index in [1.54, 1.807) is 12.1 Å². The number of hydrogen-bond acceptors (Lipinski definition) is 2. The fourth-order valence-electron chi connectivity index (χ4n) is 0.502. The molecule has 0 saturated heterocycles. The van der Waals surface area contributed by atoms with E-state index < -0.39 is 5.97 Å². The first kappa shape index (κ1) is 15.0. The normalized spacial score (nSPS) is 9.13. The predicted molar refractivity (Wildman–Crippen MR) is 65.9 cm³/mol. The maximum Gasteiger partial charge on any atom is 0.317 e. The summed E-state index contributed by atoms with van der Waals surface area (Å²) in [4.78, 5) is 9.24. The Morgan fingerprint density at radius 1 is 1.33 bits per heavy atom. The number of carbonyl (C=O) groups is 1. The van der Waals surface area contributed by atoms with Crippen LogP contribution in [0, 0.1) is 0 Å². The molecule has 0 aliphatic heterocycles. The molecule has 1 rings (SSSR count). The molecular weight excluding hydrogens is 328 g/mol. The van der Waals surface area contributed by atoms with Gasteiger partial charge in [0.2, 0.25) is 0 Å². The summed E-state index contributed by atoms with van der Waals surface area (Å²) in [6.45, 7) is -0.278. The van der Waals surface area contributed by atoms with Crippen molar-refractivity contribution in [1.82, 2.24) is 0 Å². The van der Waals surface area contributed by atoms with Gasteiger partial charge in [0, 0.05) is 4.47 Å². The monoisotopic (exact) mass is 333 g/mol. The SMILES string of the molecule is Clc1ccc(Br)c(Cl)c1Cl.NCC(=O)O. The average Bonchev–Trinajstić information content (AvgIpc) is 2.21. The molecule has 0 radical (unpaired) electrons. The minimum atomic E-state index is -0.968. The molecule has 7 heteroatoms. The highest BCUT2D eigenvalue weighted by atomic mass is 79.9. The Labute approximate surface area is 110 Å². The molecular formula is C8H7BrCl3NO2. The van der Waals surface area contributed by atoms with Gasteiger partial charge in [-0.25, -0.2) is 0 Å². The molecule has 0 aliphatic rings. The largest absolute Gasteiger partial charge is 0.480 e. The van der Waals surface area contributed by atoms with Gasteiger partial charge in [-0.15, -0.1) is 0 Å². The summed E-state index contributed by atoms with van der Waals surface area (Å²) < 4.78 is 0.753. The van der Waals surface area contributed by atoms with Crippen molar-refractivity contribution in [1.29, 1.82) is 0 Å². The van der Waals surface area contributed by atoms with Gasteiger partial charge in [0.15, 0.2) is 0 Å². The van der Waals surface area contributed by atoms with Gasteiger partial charge in [-0.05, 0) is 28.1 Å². The van der Waals surface area contributed by atoms with Gasteiger partial charge in [-0.3, -0.25) is 4.79 Å². The molecule has 0 aromatic heterocycles. The van der Waals surface area contributed by atoms with Crippen molar-refractivity contribution in [3.63, 3.8) is 0 Å². The lowest BCUT2D eigenvalue weighted by molar-refractivity contribution is -0.135. The molecule has 84 valence electrons. The predicted octanol–water partition coefficient (Wildman–Crippen LogP) is 3.44. The van der Waals surface area contributed by atoms with Crippen LogP contribution in [-0.2, 0) is 4.79 Å². The summed E-state index contributed by atoms with van der Waals surface area (Å²) in [7, 11) is 0. The molecule has 0 aliphatic carbocycles. The van der Waals surface area contributed by atoms with E-state index in [1.807, 2.05) is 0 Å². The molecule has 3 nitrogen and oxygen atoms in total. The lowest BCUT2D eigenvalue weighted by Gasteiger charge is -1.99. The molecule has 0 bridgehead atoms. The molecule has 0 amide bonds. The van der Waals surface area contributed by atoms with Crippen molar-refractivity contribution in [3.05, 3.63) is 31.7 Å². The Bertz CT molecular complexity index is 333. The van der Waals surface area contributed by atoms with E-state index in [1.165, 1.54) is 0 Å². The van der Waals surface area contributed by atoms with Crippen LogP contribution in [0.3, 0.4) is 0 Å². The van der Waals surface area contributed by atoms with E-state index in [4.69, 9.17) is 39.9 Å². The number of aliphatic carboxylic acids is 1. The number of benzene rings is 1. The summed E-state index contributed by atoms with van der Waals surface area (Å²) in [5.74, 6) is -0.968. The molecule has 0 unspecified atom stereocenters. The second-order valence-electron chi connectivity index (χ2n) is 2.26. The van der Waals surface area contributed by atoms with E-state index >= 15 is 0 Å². The summed E-state index contributed by atoms with van der Waals surface area (Å²) in [6.07, 6.45) is 0. The molecule has 1 aromatic rings. The standard InChI is InChI=1S/C6H2BrCl3.C2H5NO2/c7-3-1-2-4(8)6(10)5(3)9;3-1-2(4)5/h1-2H;1,3H2,(H,4,5). The van der Waals surface area contributed by atoms with E-state index in [0.29, 0.717) is 15.1 Å². The fraction of sp³-hybridized carbons (Fsp3) is 0.125. The molecule has 0 saturated carbocycles. The second kappa shape index (κ2) is 7.30. The van der Waals surface area contributed by atoms with Crippen LogP contribution in [0.1, 0.15) is 0 Å². The van der Waals surface area contributed by atoms with Crippen molar-refractivity contribution >= 4 is 56.7 Å². The Kier molecular flexibility index (Phi) is 7.30. The van der Waals surface area contributed by atoms with Crippen LogP contribution in [0.4, 0.5) is 0 Å². The van der Waals surface area contributed by atoms with Crippen LogP contribution in [0.5, 0.6) is 0 Å². The molecule has 0 spiro atoms. The van der Waals surface area contributed by atoms with Crippen LogP contribution >= 0.6 is 50.7 Å². The Morgan fingerprint density at radius 2 is 1.80 bits per heavy atom. The number of halogens is 4.